The molecule has 0 bridgehead atoms. The number of ether oxygens (including phenoxy) is 1. The molecular weight excluding hydrogens is 412 g/mol. The number of anilines is 1. The first-order valence-electron chi connectivity index (χ1n) is 11.5. The number of carbonyl (C=O) groups is 1. The van der Waals surface area contributed by atoms with Crippen molar-refractivity contribution in [1.82, 2.24) is 4.98 Å². The van der Waals surface area contributed by atoms with Gasteiger partial charge in [-0.3, -0.25) is 4.79 Å². The zero-order chi connectivity index (χ0) is 23.4. The van der Waals surface area contributed by atoms with Crippen molar-refractivity contribution < 1.29 is 13.9 Å². The summed E-state index contributed by atoms with van der Waals surface area (Å²) >= 11 is 0. The van der Waals surface area contributed by atoms with Crippen molar-refractivity contribution >= 4 is 22.7 Å². The number of carbonyl (C=O) groups excluding carboxylic acids is 1. The fourth-order valence-electron chi connectivity index (χ4n) is 3.63. The minimum atomic E-state index is -0.225. The SMILES string of the molecule is CC[C@@H](C)c1ccc(OCC(=O)Nc2cccc(-c3nc4cc(C(C)C)ccc4o3)c2)cc1. The standard InChI is InChI=1S/C28H30N2O3/c1-5-19(4)20-9-12-24(13-10-20)32-17-27(31)29-23-8-6-7-22(15-23)28-30-25-16-21(18(2)3)11-14-26(25)33-28/h6-16,18-19H,5,17H2,1-4H3,(H,29,31)/t19-/m1/s1. The highest BCUT2D eigenvalue weighted by Gasteiger charge is 2.12. The summed E-state index contributed by atoms with van der Waals surface area (Å²) in [7, 11) is 0. The van der Waals surface area contributed by atoms with Crippen LogP contribution in [-0.2, 0) is 4.79 Å². The van der Waals surface area contributed by atoms with Crippen LogP contribution in [-0.4, -0.2) is 17.5 Å². The second kappa shape index (κ2) is 9.90. The van der Waals surface area contributed by atoms with E-state index in [1.165, 1.54) is 11.1 Å². The van der Waals surface area contributed by atoms with Crippen LogP contribution in [0.3, 0.4) is 0 Å². The Hall–Kier alpha value is -3.60. The highest BCUT2D eigenvalue weighted by Crippen LogP contribution is 2.28. The third-order valence-corrected chi connectivity index (χ3v) is 5.90. The number of nitrogens with one attached hydrogen (secondary N) is 1. The van der Waals surface area contributed by atoms with E-state index in [4.69, 9.17) is 9.15 Å². The number of hydrogen-bond acceptors (Lipinski definition) is 4. The Morgan fingerprint density at radius 3 is 2.48 bits per heavy atom. The monoisotopic (exact) mass is 442 g/mol. The molecule has 1 amide bonds. The maximum Gasteiger partial charge on any atom is 0.262 e. The normalized spacial score (nSPS) is 12.2. The highest BCUT2D eigenvalue weighted by atomic mass is 16.5. The Bertz CT molecular complexity index is 1240. The van der Waals surface area contributed by atoms with Crippen LogP contribution in [0.1, 0.15) is 57.1 Å². The molecule has 33 heavy (non-hydrogen) atoms. The molecule has 0 fully saturated rings. The average Bonchev–Trinajstić information content (AvgIpc) is 3.26. The Labute approximate surface area is 194 Å². The molecule has 1 N–H and O–H groups in total. The van der Waals surface area contributed by atoms with Crippen LogP contribution in [0.2, 0.25) is 0 Å². The molecule has 1 atom stereocenters. The van der Waals surface area contributed by atoms with E-state index < -0.39 is 0 Å². The molecule has 0 spiro atoms. The lowest BCUT2D eigenvalue weighted by Crippen LogP contribution is -2.20. The second-order valence-electron chi connectivity index (χ2n) is 8.70. The van der Waals surface area contributed by atoms with Crippen LogP contribution in [0.15, 0.2) is 71.1 Å². The van der Waals surface area contributed by atoms with Gasteiger partial charge in [-0.2, -0.15) is 0 Å². The number of aromatic nitrogens is 1. The van der Waals surface area contributed by atoms with Crippen molar-refractivity contribution in [2.45, 2.75) is 46.0 Å². The molecule has 4 rings (SSSR count). The third kappa shape index (κ3) is 5.43. The molecule has 5 heteroatoms. The van der Waals surface area contributed by atoms with E-state index in [-0.39, 0.29) is 12.5 Å². The molecule has 0 aliphatic rings. The number of oxazole rings is 1. The van der Waals surface area contributed by atoms with E-state index in [9.17, 15) is 4.79 Å². The first-order valence-corrected chi connectivity index (χ1v) is 11.5. The van der Waals surface area contributed by atoms with Crippen molar-refractivity contribution in [1.29, 1.82) is 0 Å². The Morgan fingerprint density at radius 1 is 1.00 bits per heavy atom. The molecule has 1 heterocycles. The predicted octanol–water partition coefficient (Wildman–Crippen LogP) is 7.15. The molecule has 4 aromatic rings. The van der Waals surface area contributed by atoms with E-state index >= 15 is 0 Å². The second-order valence-corrected chi connectivity index (χ2v) is 8.70. The summed E-state index contributed by atoms with van der Waals surface area (Å²) in [6.07, 6.45) is 1.09. The summed E-state index contributed by atoms with van der Waals surface area (Å²) in [6.45, 7) is 8.61. The van der Waals surface area contributed by atoms with Crippen LogP contribution in [0.4, 0.5) is 5.69 Å². The van der Waals surface area contributed by atoms with Crippen molar-refractivity contribution in [3.8, 4) is 17.2 Å². The van der Waals surface area contributed by atoms with E-state index in [2.05, 4.69) is 62.3 Å². The summed E-state index contributed by atoms with van der Waals surface area (Å²) in [5.74, 6) is 1.91. The van der Waals surface area contributed by atoms with Gasteiger partial charge in [0.25, 0.3) is 5.91 Å². The number of benzene rings is 3. The van der Waals surface area contributed by atoms with Crippen LogP contribution >= 0.6 is 0 Å². The summed E-state index contributed by atoms with van der Waals surface area (Å²) in [4.78, 5) is 17.1. The molecule has 0 unspecified atom stereocenters. The average molecular weight is 443 g/mol. The Balaban J connectivity index is 1.40. The van der Waals surface area contributed by atoms with Gasteiger partial charge in [-0.1, -0.05) is 52.0 Å². The number of rotatable bonds is 8. The van der Waals surface area contributed by atoms with Gasteiger partial charge in [-0.25, -0.2) is 4.98 Å². The van der Waals surface area contributed by atoms with E-state index in [1.807, 2.05) is 42.5 Å². The first-order chi connectivity index (χ1) is 15.9. The van der Waals surface area contributed by atoms with Crippen LogP contribution < -0.4 is 10.1 Å². The molecular formula is C28H30N2O3. The smallest absolute Gasteiger partial charge is 0.262 e. The number of nitrogens with zero attached hydrogens (tertiary/aromatic N) is 1. The number of hydrogen-bond donors (Lipinski definition) is 1. The Morgan fingerprint density at radius 2 is 1.76 bits per heavy atom. The van der Waals surface area contributed by atoms with Crippen molar-refractivity contribution in [3.05, 3.63) is 77.9 Å². The summed E-state index contributed by atoms with van der Waals surface area (Å²) in [6, 6.07) is 21.5. The lowest BCUT2D eigenvalue weighted by atomic mass is 9.99. The molecule has 0 radical (unpaired) electrons. The van der Waals surface area contributed by atoms with Gasteiger partial charge in [-0.05, 0) is 71.8 Å². The van der Waals surface area contributed by atoms with Gasteiger partial charge in [0, 0.05) is 11.3 Å². The summed E-state index contributed by atoms with van der Waals surface area (Å²) in [5.41, 5.74) is 5.54. The van der Waals surface area contributed by atoms with Gasteiger partial charge < -0.3 is 14.5 Å². The number of amides is 1. The molecule has 0 aliphatic carbocycles. The fourth-order valence-corrected chi connectivity index (χ4v) is 3.63. The van der Waals surface area contributed by atoms with Gasteiger partial charge in [0.05, 0.1) is 0 Å². The zero-order valence-corrected chi connectivity index (χ0v) is 19.6. The fraction of sp³-hybridized carbons (Fsp3) is 0.286. The molecule has 170 valence electrons. The van der Waals surface area contributed by atoms with Gasteiger partial charge >= 0.3 is 0 Å². The third-order valence-electron chi connectivity index (χ3n) is 5.90. The molecule has 5 nitrogen and oxygen atoms in total. The largest absolute Gasteiger partial charge is 0.484 e. The lowest BCUT2D eigenvalue weighted by Gasteiger charge is -2.11. The number of fused-ring (bicyclic) bond motifs is 1. The van der Waals surface area contributed by atoms with Crippen LogP contribution in [0.25, 0.3) is 22.6 Å². The zero-order valence-electron chi connectivity index (χ0n) is 19.6. The van der Waals surface area contributed by atoms with Crippen molar-refractivity contribution in [2.75, 3.05) is 11.9 Å². The van der Waals surface area contributed by atoms with Gasteiger partial charge in [-0.15, -0.1) is 0 Å². The molecule has 1 aromatic heterocycles. The van der Waals surface area contributed by atoms with E-state index in [1.54, 1.807) is 0 Å². The first kappa shape index (κ1) is 22.6. The maximum atomic E-state index is 12.4. The van der Waals surface area contributed by atoms with Crippen LogP contribution in [0, 0.1) is 0 Å². The summed E-state index contributed by atoms with van der Waals surface area (Å²) in [5, 5.41) is 2.89. The van der Waals surface area contributed by atoms with Gasteiger partial charge in [0.15, 0.2) is 12.2 Å². The van der Waals surface area contributed by atoms with Gasteiger partial charge in [0.1, 0.15) is 11.3 Å². The molecule has 0 saturated carbocycles. The van der Waals surface area contributed by atoms with Crippen molar-refractivity contribution in [2.24, 2.45) is 0 Å². The quantitative estimate of drug-likeness (QED) is 0.315. The van der Waals surface area contributed by atoms with E-state index in [0.29, 0.717) is 29.2 Å². The van der Waals surface area contributed by atoms with Gasteiger partial charge in [0.2, 0.25) is 5.89 Å². The molecule has 0 saturated heterocycles. The van der Waals surface area contributed by atoms with E-state index in [0.717, 1.165) is 23.1 Å². The maximum absolute atomic E-state index is 12.4. The predicted molar refractivity (Wildman–Crippen MR) is 133 cm³/mol. The molecule has 3 aromatic carbocycles. The Kier molecular flexibility index (Phi) is 6.78. The summed E-state index contributed by atoms with van der Waals surface area (Å²) < 4.78 is 11.6. The minimum Gasteiger partial charge on any atom is -0.484 e. The molecule has 0 aliphatic heterocycles. The van der Waals surface area contributed by atoms with Crippen LogP contribution in [0.5, 0.6) is 5.75 Å². The minimum absolute atomic E-state index is 0.0617. The highest BCUT2D eigenvalue weighted by molar-refractivity contribution is 5.92. The lowest BCUT2D eigenvalue weighted by molar-refractivity contribution is -0.118. The topological polar surface area (TPSA) is 64.4 Å². The van der Waals surface area contributed by atoms with Crippen molar-refractivity contribution in [3.63, 3.8) is 0 Å².